The molecule has 1 amide bonds. The lowest BCUT2D eigenvalue weighted by molar-refractivity contribution is -0.127. The van der Waals surface area contributed by atoms with Gasteiger partial charge in [-0.05, 0) is 46.1 Å². The van der Waals surface area contributed by atoms with Crippen LogP contribution in [0.15, 0.2) is 30.3 Å². The molecule has 4 N–H and O–H groups in total. The number of carbonyl (C=O) groups is 1. The summed E-state index contributed by atoms with van der Waals surface area (Å²) in [6.07, 6.45) is 1.34. The van der Waals surface area contributed by atoms with Crippen LogP contribution in [0, 0.1) is 0 Å². The second kappa shape index (κ2) is 6.37. The average molecular weight is 278 g/mol. The second-order valence-electron chi connectivity index (χ2n) is 6.30. The van der Waals surface area contributed by atoms with E-state index in [0.717, 1.165) is 12.0 Å². The summed E-state index contributed by atoms with van der Waals surface area (Å²) in [6, 6.07) is 9.37. The Morgan fingerprint density at radius 1 is 1.25 bits per heavy atom. The molecule has 0 fully saturated rings. The van der Waals surface area contributed by atoms with Crippen molar-refractivity contribution in [1.82, 2.24) is 5.32 Å². The van der Waals surface area contributed by atoms with Crippen molar-refractivity contribution in [1.29, 1.82) is 0 Å². The number of hydrogen-bond donors (Lipinski definition) is 3. The Balaban J connectivity index is 2.52. The van der Waals surface area contributed by atoms with Crippen molar-refractivity contribution in [3.63, 3.8) is 0 Å². The smallest absolute Gasteiger partial charge is 0.237 e. The van der Waals surface area contributed by atoms with Crippen LogP contribution >= 0.6 is 0 Å². The van der Waals surface area contributed by atoms with E-state index in [0.29, 0.717) is 6.42 Å². The number of rotatable bonds is 6. The van der Waals surface area contributed by atoms with E-state index in [-0.39, 0.29) is 5.91 Å². The summed E-state index contributed by atoms with van der Waals surface area (Å²) in [6.45, 7) is 6.91. The quantitative estimate of drug-likeness (QED) is 0.740. The zero-order valence-corrected chi connectivity index (χ0v) is 12.8. The van der Waals surface area contributed by atoms with E-state index in [2.05, 4.69) is 5.32 Å². The van der Waals surface area contributed by atoms with Crippen molar-refractivity contribution in [3.8, 4) is 0 Å². The van der Waals surface area contributed by atoms with Gasteiger partial charge in [-0.2, -0.15) is 0 Å². The first-order valence-electron chi connectivity index (χ1n) is 6.97. The Morgan fingerprint density at radius 3 is 2.30 bits per heavy atom. The zero-order valence-electron chi connectivity index (χ0n) is 12.8. The maximum Gasteiger partial charge on any atom is 0.237 e. The van der Waals surface area contributed by atoms with Gasteiger partial charge in [-0.25, -0.2) is 0 Å². The molecule has 1 aromatic carbocycles. The first-order valence-corrected chi connectivity index (χ1v) is 6.97. The van der Waals surface area contributed by atoms with Crippen molar-refractivity contribution in [3.05, 3.63) is 35.9 Å². The van der Waals surface area contributed by atoms with Crippen molar-refractivity contribution in [2.45, 2.75) is 57.7 Å². The highest BCUT2D eigenvalue weighted by Gasteiger charge is 2.37. The Morgan fingerprint density at radius 2 is 1.80 bits per heavy atom. The number of carbonyl (C=O) groups excluding carboxylic acids is 1. The van der Waals surface area contributed by atoms with Gasteiger partial charge in [0.05, 0.1) is 17.2 Å². The minimum absolute atomic E-state index is 0.229. The fourth-order valence-corrected chi connectivity index (χ4v) is 1.65. The summed E-state index contributed by atoms with van der Waals surface area (Å²) in [5.74, 6) is -0.229. The van der Waals surface area contributed by atoms with Gasteiger partial charge in [0, 0.05) is 0 Å². The molecule has 112 valence electrons. The Bertz CT molecular complexity index is 436. The first kappa shape index (κ1) is 16.7. The summed E-state index contributed by atoms with van der Waals surface area (Å²) in [4.78, 5) is 12.1. The van der Waals surface area contributed by atoms with Crippen molar-refractivity contribution in [2.24, 2.45) is 5.73 Å². The molecule has 0 spiro atoms. The van der Waals surface area contributed by atoms with Crippen LogP contribution in [0.4, 0.5) is 0 Å². The molecule has 4 nitrogen and oxygen atoms in total. The molecule has 0 unspecified atom stereocenters. The SMILES string of the molecule is CC(C)(O)C(C)(C)NC(=O)[C@@H](N)CCc1ccccc1. The molecule has 0 saturated heterocycles. The van der Waals surface area contributed by atoms with Crippen LogP contribution in [0.25, 0.3) is 0 Å². The summed E-state index contributed by atoms with van der Waals surface area (Å²) in [7, 11) is 0. The molecular formula is C16H26N2O2. The van der Waals surface area contributed by atoms with Gasteiger partial charge in [0.15, 0.2) is 0 Å². The van der Waals surface area contributed by atoms with Crippen LogP contribution in [-0.4, -0.2) is 28.2 Å². The van der Waals surface area contributed by atoms with Gasteiger partial charge in [0.1, 0.15) is 0 Å². The maximum atomic E-state index is 12.1. The van der Waals surface area contributed by atoms with Crippen LogP contribution in [-0.2, 0) is 11.2 Å². The molecule has 1 rings (SSSR count). The third-order valence-corrected chi connectivity index (χ3v) is 3.89. The van der Waals surface area contributed by atoms with Crippen molar-refractivity contribution in [2.75, 3.05) is 0 Å². The molecule has 4 heteroatoms. The normalized spacial score (nSPS) is 13.9. The number of nitrogens with two attached hydrogens (primary N) is 1. The van der Waals surface area contributed by atoms with Gasteiger partial charge < -0.3 is 16.2 Å². The van der Waals surface area contributed by atoms with Gasteiger partial charge in [-0.3, -0.25) is 4.79 Å². The predicted molar refractivity (Wildman–Crippen MR) is 81.3 cm³/mol. The molecule has 0 radical (unpaired) electrons. The molecule has 20 heavy (non-hydrogen) atoms. The Hall–Kier alpha value is -1.39. The van der Waals surface area contributed by atoms with Crippen LogP contribution < -0.4 is 11.1 Å². The third-order valence-electron chi connectivity index (χ3n) is 3.89. The van der Waals surface area contributed by atoms with E-state index in [1.165, 1.54) is 0 Å². The van der Waals surface area contributed by atoms with E-state index in [1.54, 1.807) is 27.7 Å². The monoisotopic (exact) mass is 278 g/mol. The lowest BCUT2D eigenvalue weighted by Crippen LogP contribution is -2.60. The fraction of sp³-hybridized carbons (Fsp3) is 0.562. The number of nitrogens with one attached hydrogen (secondary N) is 1. The molecular weight excluding hydrogens is 252 g/mol. The van der Waals surface area contributed by atoms with E-state index < -0.39 is 17.2 Å². The van der Waals surface area contributed by atoms with Crippen LogP contribution in [0.5, 0.6) is 0 Å². The number of aryl methyl sites for hydroxylation is 1. The summed E-state index contributed by atoms with van der Waals surface area (Å²) in [5.41, 5.74) is 5.35. The van der Waals surface area contributed by atoms with Crippen LogP contribution in [0.3, 0.4) is 0 Å². The number of amides is 1. The minimum Gasteiger partial charge on any atom is -0.388 e. The third kappa shape index (κ3) is 4.62. The summed E-state index contributed by atoms with van der Waals surface area (Å²) in [5, 5.41) is 12.8. The van der Waals surface area contributed by atoms with Gasteiger partial charge >= 0.3 is 0 Å². The lowest BCUT2D eigenvalue weighted by atomic mass is 9.85. The standard InChI is InChI=1S/C16H26N2O2/c1-15(2,16(3,4)20)18-14(19)13(17)11-10-12-8-6-5-7-9-12/h5-9,13,20H,10-11,17H2,1-4H3,(H,18,19)/t13-/m0/s1. The van der Waals surface area contributed by atoms with Crippen molar-refractivity contribution >= 4 is 5.91 Å². The number of hydrogen-bond acceptors (Lipinski definition) is 3. The molecule has 0 aromatic heterocycles. The molecule has 1 aromatic rings. The lowest BCUT2D eigenvalue weighted by Gasteiger charge is -2.38. The second-order valence-corrected chi connectivity index (χ2v) is 6.30. The van der Waals surface area contributed by atoms with Crippen molar-refractivity contribution < 1.29 is 9.90 Å². The number of aliphatic hydroxyl groups is 1. The van der Waals surface area contributed by atoms with Gasteiger partial charge in [-0.15, -0.1) is 0 Å². The van der Waals surface area contributed by atoms with Gasteiger partial charge in [0.25, 0.3) is 0 Å². The van der Waals surface area contributed by atoms with E-state index in [1.807, 2.05) is 30.3 Å². The van der Waals surface area contributed by atoms with Gasteiger partial charge in [-0.1, -0.05) is 30.3 Å². The highest BCUT2D eigenvalue weighted by molar-refractivity contribution is 5.82. The van der Waals surface area contributed by atoms with E-state index in [4.69, 9.17) is 5.73 Å². The molecule has 0 heterocycles. The Labute approximate surface area is 121 Å². The zero-order chi connectivity index (χ0) is 15.4. The molecule has 0 saturated carbocycles. The predicted octanol–water partition coefficient (Wildman–Crippen LogP) is 1.61. The van der Waals surface area contributed by atoms with Crippen LogP contribution in [0.1, 0.15) is 39.7 Å². The highest BCUT2D eigenvalue weighted by atomic mass is 16.3. The van der Waals surface area contributed by atoms with E-state index in [9.17, 15) is 9.90 Å². The minimum atomic E-state index is -1.01. The maximum absolute atomic E-state index is 12.1. The molecule has 0 bridgehead atoms. The average Bonchev–Trinajstić information content (AvgIpc) is 2.35. The fourth-order valence-electron chi connectivity index (χ4n) is 1.65. The summed E-state index contributed by atoms with van der Waals surface area (Å²) >= 11 is 0. The number of benzene rings is 1. The molecule has 0 aliphatic heterocycles. The molecule has 0 aliphatic rings. The van der Waals surface area contributed by atoms with E-state index >= 15 is 0 Å². The summed E-state index contributed by atoms with van der Waals surface area (Å²) < 4.78 is 0. The highest BCUT2D eigenvalue weighted by Crippen LogP contribution is 2.20. The topological polar surface area (TPSA) is 75.3 Å². The first-order chi connectivity index (χ1) is 9.13. The molecule has 0 aliphatic carbocycles. The van der Waals surface area contributed by atoms with Crippen LogP contribution in [0.2, 0.25) is 0 Å². The Kier molecular flexibility index (Phi) is 5.31. The molecule has 1 atom stereocenters. The largest absolute Gasteiger partial charge is 0.388 e. The van der Waals surface area contributed by atoms with Gasteiger partial charge in [0.2, 0.25) is 5.91 Å².